The van der Waals surface area contributed by atoms with E-state index in [0.717, 1.165) is 0 Å². The fourth-order valence-electron chi connectivity index (χ4n) is 1.30. The molecule has 0 aliphatic rings. The van der Waals surface area contributed by atoms with E-state index in [1.165, 1.54) is 4.31 Å². The van der Waals surface area contributed by atoms with E-state index in [4.69, 9.17) is 0 Å². The molecule has 0 radical (unpaired) electrons. The summed E-state index contributed by atoms with van der Waals surface area (Å²) < 4.78 is 25.1. The number of aromatic amines is 1. The first-order valence-electron chi connectivity index (χ1n) is 5.63. The van der Waals surface area contributed by atoms with Crippen LogP contribution in [0.4, 0.5) is 0 Å². The molecule has 7 heteroatoms. The third-order valence-corrected chi connectivity index (χ3v) is 4.27. The molecule has 0 atom stereocenters. The highest BCUT2D eigenvalue weighted by molar-refractivity contribution is 7.89. The molecular weight excluding hydrogens is 240 g/mol. The van der Waals surface area contributed by atoms with Crippen molar-refractivity contribution in [2.24, 2.45) is 5.92 Å². The zero-order valence-corrected chi connectivity index (χ0v) is 11.6. The first-order valence-corrected chi connectivity index (χ1v) is 7.24. The lowest BCUT2D eigenvalue weighted by Gasteiger charge is -2.16. The van der Waals surface area contributed by atoms with Gasteiger partial charge >= 0.3 is 0 Å². The number of hydrogen-bond donors (Lipinski definition) is 1. The molecule has 0 aliphatic heterocycles. The van der Waals surface area contributed by atoms with Crippen LogP contribution in [-0.2, 0) is 16.6 Å². The van der Waals surface area contributed by atoms with Gasteiger partial charge in [-0.2, -0.15) is 9.40 Å². The average molecular weight is 260 g/mol. The maximum absolute atomic E-state index is 11.9. The van der Waals surface area contributed by atoms with Crippen LogP contribution in [0.5, 0.6) is 0 Å². The van der Waals surface area contributed by atoms with Crippen LogP contribution in [0.1, 0.15) is 31.9 Å². The Morgan fingerprint density at radius 1 is 1.41 bits per heavy atom. The van der Waals surface area contributed by atoms with Crippen molar-refractivity contribution in [1.82, 2.24) is 19.5 Å². The van der Waals surface area contributed by atoms with Crippen LogP contribution in [0.2, 0.25) is 0 Å². The molecule has 98 valence electrons. The summed E-state index contributed by atoms with van der Waals surface area (Å²) in [6, 6.07) is 0. The number of rotatable bonds is 6. The lowest BCUT2D eigenvalue weighted by atomic mass is 10.2. The van der Waals surface area contributed by atoms with Crippen molar-refractivity contribution in [3.63, 3.8) is 0 Å². The number of nitrogens with one attached hydrogen (secondary N) is 1. The zero-order valence-electron chi connectivity index (χ0n) is 10.8. The van der Waals surface area contributed by atoms with Gasteiger partial charge in [0.15, 0.2) is 5.82 Å². The summed E-state index contributed by atoms with van der Waals surface area (Å²) in [4.78, 5) is 4.09. The third-order valence-electron chi connectivity index (χ3n) is 2.44. The Bertz CT molecular complexity index is 453. The lowest BCUT2D eigenvalue weighted by Crippen LogP contribution is -2.29. The van der Waals surface area contributed by atoms with E-state index in [1.54, 1.807) is 14.0 Å². The lowest BCUT2D eigenvalue weighted by molar-refractivity contribution is 0.451. The van der Waals surface area contributed by atoms with Crippen molar-refractivity contribution in [3.05, 3.63) is 11.6 Å². The minimum atomic E-state index is -3.20. The number of sulfonamides is 1. The molecular formula is C10H20N4O2S. The topological polar surface area (TPSA) is 79.0 Å². The predicted octanol–water partition coefficient (Wildman–Crippen LogP) is 0.921. The molecule has 17 heavy (non-hydrogen) atoms. The van der Waals surface area contributed by atoms with Crippen LogP contribution in [0.3, 0.4) is 0 Å². The van der Waals surface area contributed by atoms with E-state index in [9.17, 15) is 8.42 Å². The second-order valence-corrected chi connectivity index (χ2v) is 6.79. The van der Waals surface area contributed by atoms with Crippen molar-refractivity contribution in [2.45, 2.75) is 33.7 Å². The second-order valence-electron chi connectivity index (χ2n) is 4.59. The molecule has 0 saturated carbocycles. The van der Waals surface area contributed by atoms with Crippen molar-refractivity contribution in [2.75, 3.05) is 12.8 Å². The maximum atomic E-state index is 11.9. The summed E-state index contributed by atoms with van der Waals surface area (Å²) in [7, 11) is -1.65. The molecule has 0 saturated heterocycles. The molecule has 1 aromatic heterocycles. The fraction of sp³-hybridized carbons (Fsp3) is 0.800. The molecule has 0 bridgehead atoms. The Kier molecular flexibility index (Phi) is 4.64. The summed E-state index contributed by atoms with van der Waals surface area (Å²) >= 11 is 0. The second kappa shape index (κ2) is 5.59. The highest BCUT2D eigenvalue weighted by atomic mass is 32.2. The number of nitrogens with zero attached hydrogens (tertiary/aromatic N) is 3. The zero-order chi connectivity index (χ0) is 13.1. The largest absolute Gasteiger partial charge is 0.263 e. The van der Waals surface area contributed by atoms with Crippen molar-refractivity contribution >= 4 is 10.0 Å². The Morgan fingerprint density at radius 3 is 2.53 bits per heavy atom. The smallest absolute Gasteiger partial charge is 0.214 e. The van der Waals surface area contributed by atoms with Crippen LogP contribution in [0, 0.1) is 12.8 Å². The standard InChI is InChI=1S/C10H20N4O2S/c1-8(2)5-6-17(15,16)14(4)7-10-11-9(3)12-13-10/h8H,5-7H2,1-4H3,(H,11,12,13). The van der Waals surface area contributed by atoms with E-state index < -0.39 is 10.0 Å². The van der Waals surface area contributed by atoms with E-state index in [2.05, 4.69) is 15.2 Å². The van der Waals surface area contributed by atoms with E-state index in [1.807, 2.05) is 13.8 Å². The normalized spacial score (nSPS) is 12.6. The van der Waals surface area contributed by atoms with Gasteiger partial charge in [-0.1, -0.05) is 13.8 Å². The third kappa shape index (κ3) is 4.43. The van der Waals surface area contributed by atoms with Gasteiger partial charge in [0.1, 0.15) is 5.82 Å². The van der Waals surface area contributed by atoms with E-state index in [0.29, 0.717) is 24.0 Å². The first kappa shape index (κ1) is 14.1. The molecule has 1 heterocycles. The van der Waals surface area contributed by atoms with Crippen molar-refractivity contribution < 1.29 is 8.42 Å². The summed E-state index contributed by atoms with van der Waals surface area (Å²) in [5.74, 6) is 1.74. The van der Waals surface area contributed by atoms with Crippen molar-refractivity contribution in [1.29, 1.82) is 0 Å². The molecule has 0 fully saturated rings. The number of H-pyrrole nitrogens is 1. The monoisotopic (exact) mass is 260 g/mol. The summed E-state index contributed by atoms with van der Waals surface area (Å²) in [5.41, 5.74) is 0. The molecule has 1 rings (SSSR count). The molecule has 0 unspecified atom stereocenters. The van der Waals surface area contributed by atoms with E-state index >= 15 is 0 Å². The summed E-state index contributed by atoms with van der Waals surface area (Å²) in [6.45, 7) is 6.01. The Labute approximate surface area is 102 Å². The fourth-order valence-corrected chi connectivity index (χ4v) is 2.69. The molecule has 0 spiro atoms. The van der Waals surface area contributed by atoms with Crippen molar-refractivity contribution in [3.8, 4) is 0 Å². The Morgan fingerprint density at radius 2 is 2.06 bits per heavy atom. The average Bonchev–Trinajstić information content (AvgIpc) is 2.61. The summed E-state index contributed by atoms with van der Waals surface area (Å²) in [5, 5.41) is 6.62. The SMILES string of the molecule is Cc1nc(CN(C)S(=O)(=O)CCC(C)C)n[nH]1. The Balaban J connectivity index is 2.59. The van der Waals surface area contributed by atoms with Crippen LogP contribution in [0.15, 0.2) is 0 Å². The molecule has 0 aromatic carbocycles. The van der Waals surface area contributed by atoms with Gasteiger partial charge in [0.2, 0.25) is 10.0 Å². The van der Waals surface area contributed by atoms with Gasteiger partial charge in [-0.25, -0.2) is 13.4 Å². The van der Waals surface area contributed by atoms with Gasteiger partial charge in [-0.05, 0) is 19.3 Å². The maximum Gasteiger partial charge on any atom is 0.214 e. The van der Waals surface area contributed by atoms with Crippen LogP contribution < -0.4 is 0 Å². The number of aromatic nitrogens is 3. The predicted molar refractivity (Wildman–Crippen MR) is 65.8 cm³/mol. The minimum Gasteiger partial charge on any atom is -0.263 e. The quantitative estimate of drug-likeness (QED) is 0.825. The first-order chi connectivity index (χ1) is 7.81. The number of aryl methyl sites for hydroxylation is 1. The molecule has 0 amide bonds. The van der Waals surface area contributed by atoms with Gasteiger partial charge in [0.25, 0.3) is 0 Å². The van der Waals surface area contributed by atoms with Gasteiger partial charge in [-0.15, -0.1) is 0 Å². The Hall–Kier alpha value is -0.950. The molecule has 0 aliphatic carbocycles. The highest BCUT2D eigenvalue weighted by Gasteiger charge is 2.19. The van der Waals surface area contributed by atoms with Crippen LogP contribution in [-0.4, -0.2) is 40.7 Å². The van der Waals surface area contributed by atoms with Crippen LogP contribution >= 0.6 is 0 Å². The molecule has 1 N–H and O–H groups in total. The summed E-state index contributed by atoms with van der Waals surface area (Å²) in [6.07, 6.45) is 0.666. The van der Waals surface area contributed by atoms with Gasteiger partial charge in [-0.3, -0.25) is 5.10 Å². The van der Waals surface area contributed by atoms with E-state index in [-0.39, 0.29) is 12.3 Å². The number of hydrogen-bond acceptors (Lipinski definition) is 4. The van der Waals surface area contributed by atoms with Gasteiger partial charge in [0, 0.05) is 7.05 Å². The minimum absolute atomic E-state index is 0.171. The van der Waals surface area contributed by atoms with Gasteiger partial charge in [0.05, 0.1) is 12.3 Å². The highest BCUT2D eigenvalue weighted by Crippen LogP contribution is 2.08. The van der Waals surface area contributed by atoms with Gasteiger partial charge < -0.3 is 0 Å². The van der Waals surface area contributed by atoms with Crippen LogP contribution in [0.25, 0.3) is 0 Å². The molecule has 6 nitrogen and oxygen atoms in total. The molecule has 1 aromatic rings.